The quantitative estimate of drug-likeness (QED) is 0.679. The zero-order chi connectivity index (χ0) is 13.2. The third-order valence-corrected chi connectivity index (χ3v) is 3.62. The molecule has 0 fully saturated rings. The zero-order valence-electron chi connectivity index (χ0n) is 8.94. The average molecular weight is 266 g/mol. The first kappa shape index (κ1) is 13.8. The number of aliphatic hydroxyl groups is 1. The number of nitrogen functional groups attached to an aromatic ring is 1. The SMILES string of the molecule is CC(CO)NS(=O)(=O)c1ccc(F)c(N)c1F. The Kier molecular flexibility index (Phi) is 4.02. The molecule has 0 saturated heterocycles. The van der Waals surface area contributed by atoms with E-state index in [1.54, 1.807) is 0 Å². The van der Waals surface area contributed by atoms with E-state index in [4.69, 9.17) is 10.8 Å². The van der Waals surface area contributed by atoms with Crippen molar-refractivity contribution in [3.63, 3.8) is 0 Å². The highest BCUT2D eigenvalue weighted by atomic mass is 32.2. The van der Waals surface area contributed by atoms with E-state index in [-0.39, 0.29) is 0 Å². The predicted molar refractivity (Wildman–Crippen MR) is 57.6 cm³/mol. The van der Waals surface area contributed by atoms with Crippen LogP contribution in [0.3, 0.4) is 0 Å². The van der Waals surface area contributed by atoms with Gasteiger partial charge in [-0.2, -0.15) is 0 Å². The van der Waals surface area contributed by atoms with Crippen LogP contribution in [0.25, 0.3) is 0 Å². The molecule has 0 amide bonds. The number of nitrogens with one attached hydrogen (secondary N) is 1. The van der Waals surface area contributed by atoms with Crippen molar-refractivity contribution in [1.29, 1.82) is 0 Å². The predicted octanol–water partition coefficient (Wildman–Crippen LogP) is 0.206. The first-order valence-electron chi connectivity index (χ1n) is 4.66. The van der Waals surface area contributed by atoms with E-state index < -0.39 is 44.9 Å². The first-order chi connectivity index (χ1) is 7.79. The summed E-state index contributed by atoms with van der Waals surface area (Å²) in [6.45, 7) is 0.944. The van der Waals surface area contributed by atoms with Gasteiger partial charge in [-0.25, -0.2) is 21.9 Å². The normalized spacial score (nSPS) is 13.6. The third kappa shape index (κ3) is 2.90. The number of aliphatic hydroxyl groups excluding tert-OH is 1. The smallest absolute Gasteiger partial charge is 0.243 e. The molecule has 0 aliphatic rings. The van der Waals surface area contributed by atoms with Crippen LogP contribution in [0.5, 0.6) is 0 Å². The van der Waals surface area contributed by atoms with Crippen LogP contribution in [0.2, 0.25) is 0 Å². The molecular formula is C9H12F2N2O3S. The van der Waals surface area contributed by atoms with Gasteiger partial charge in [-0.15, -0.1) is 0 Å². The van der Waals surface area contributed by atoms with Crippen molar-refractivity contribution in [3.8, 4) is 0 Å². The highest BCUT2D eigenvalue weighted by Crippen LogP contribution is 2.22. The summed E-state index contributed by atoms with van der Waals surface area (Å²) < 4.78 is 51.6. The first-order valence-corrected chi connectivity index (χ1v) is 6.14. The Balaban J connectivity index is 3.21. The van der Waals surface area contributed by atoms with Crippen LogP contribution in [-0.2, 0) is 10.0 Å². The van der Waals surface area contributed by atoms with Crippen LogP contribution in [0.15, 0.2) is 17.0 Å². The maximum atomic E-state index is 13.5. The minimum atomic E-state index is -4.17. The van der Waals surface area contributed by atoms with Gasteiger partial charge in [0.2, 0.25) is 10.0 Å². The van der Waals surface area contributed by atoms with Crippen molar-refractivity contribution in [2.24, 2.45) is 0 Å². The summed E-state index contributed by atoms with van der Waals surface area (Å²) >= 11 is 0. The monoisotopic (exact) mass is 266 g/mol. The van der Waals surface area contributed by atoms with Gasteiger partial charge < -0.3 is 10.8 Å². The maximum absolute atomic E-state index is 13.5. The van der Waals surface area contributed by atoms with E-state index in [0.29, 0.717) is 0 Å². The van der Waals surface area contributed by atoms with Crippen LogP contribution in [0.1, 0.15) is 6.92 Å². The Hall–Kier alpha value is -1.25. The Morgan fingerprint density at radius 3 is 2.59 bits per heavy atom. The molecule has 1 unspecified atom stereocenters. The number of nitrogens with two attached hydrogens (primary N) is 1. The van der Waals surface area contributed by atoms with Gasteiger partial charge in [0.25, 0.3) is 0 Å². The summed E-state index contributed by atoms with van der Waals surface area (Å²) in [4.78, 5) is -0.753. The molecule has 0 aromatic heterocycles. The fourth-order valence-electron chi connectivity index (χ4n) is 1.12. The van der Waals surface area contributed by atoms with E-state index >= 15 is 0 Å². The van der Waals surface area contributed by atoms with Crippen molar-refractivity contribution >= 4 is 15.7 Å². The molecule has 96 valence electrons. The van der Waals surface area contributed by atoms with Crippen LogP contribution < -0.4 is 10.5 Å². The van der Waals surface area contributed by atoms with Gasteiger partial charge in [0.05, 0.1) is 6.61 Å². The molecule has 5 nitrogen and oxygen atoms in total. The zero-order valence-corrected chi connectivity index (χ0v) is 9.76. The molecule has 0 bridgehead atoms. The summed E-state index contributed by atoms with van der Waals surface area (Å²) in [5.74, 6) is -2.38. The maximum Gasteiger partial charge on any atom is 0.243 e. The number of rotatable bonds is 4. The lowest BCUT2D eigenvalue weighted by molar-refractivity contribution is 0.265. The van der Waals surface area contributed by atoms with Gasteiger partial charge in [0, 0.05) is 6.04 Å². The Morgan fingerprint density at radius 2 is 2.06 bits per heavy atom. The van der Waals surface area contributed by atoms with Gasteiger partial charge in [-0.1, -0.05) is 0 Å². The van der Waals surface area contributed by atoms with E-state index in [0.717, 1.165) is 12.1 Å². The van der Waals surface area contributed by atoms with Gasteiger partial charge in [-0.3, -0.25) is 0 Å². The second-order valence-electron chi connectivity index (χ2n) is 3.48. The highest BCUT2D eigenvalue weighted by Gasteiger charge is 2.23. The largest absolute Gasteiger partial charge is 0.395 e. The van der Waals surface area contributed by atoms with Crippen molar-refractivity contribution < 1.29 is 22.3 Å². The molecule has 0 radical (unpaired) electrons. The fraction of sp³-hybridized carbons (Fsp3) is 0.333. The summed E-state index contributed by atoms with van der Waals surface area (Å²) in [6, 6.07) is 0.745. The minimum Gasteiger partial charge on any atom is -0.395 e. The topological polar surface area (TPSA) is 92.4 Å². The van der Waals surface area contributed by atoms with Gasteiger partial charge in [0.1, 0.15) is 16.4 Å². The molecule has 0 aliphatic carbocycles. The van der Waals surface area contributed by atoms with Crippen LogP contribution in [0, 0.1) is 11.6 Å². The number of sulfonamides is 1. The average Bonchev–Trinajstić information content (AvgIpc) is 2.24. The van der Waals surface area contributed by atoms with E-state index in [1.165, 1.54) is 6.92 Å². The van der Waals surface area contributed by atoms with Crippen LogP contribution in [0.4, 0.5) is 14.5 Å². The Bertz CT molecular complexity index is 519. The highest BCUT2D eigenvalue weighted by molar-refractivity contribution is 7.89. The Labute approximate surface area is 97.3 Å². The standard InChI is InChI=1S/C9H12F2N2O3S/c1-5(4-14)13-17(15,16)7-3-2-6(10)9(12)8(7)11/h2-3,5,13-14H,4,12H2,1H3. The lowest BCUT2D eigenvalue weighted by Crippen LogP contribution is -2.35. The number of hydrogen-bond donors (Lipinski definition) is 3. The lowest BCUT2D eigenvalue weighted by atomic mass is 10.3. The second-order valence-corrected chi connectivity index (χ2v) is 5.16. The van der Waals surface area contributed by atoms with Crippen molar-refractivity contribution in [2.45, 2.75) is 17.9 Å². The van der Waals surface area contributed by atoms with Crippen molar-refractivity contribution in [2.75, 3.05) is 12.3 Å². The number of hydrogen-bond acceptors (Lipinski definition) is 4. The summed E-state index contributed by atoms with van der Waals surface area (Å²) in [5.41, 5.74) is 4.19. The molecule has 0 saturated carbocycles. The molecule has 1 atom stereocenters. The molecule has 0 heterocycles. The van der Waals surface area contributed by atoms with Gasteiger partial charge >= 0.3 is 0 Å². The fourth-order valence-corrected chi connectivity index (χ4v) is 2.45. The Morgan fingerprint density at radius 1 is 1.47 bits per heavy atom. The molecule has 0 spiro atoms. The van der Waals surface area contributed by atoms with E-state index in [9.17, 15) is 17.2 Å². The number of anilines is 1. The van der Waals surface area contributed by atoms with Gasteiger partial charge in [0.15, 0.2) is 5.82 Å². The number of benzene rings is 1. The summed E-state index contributed by atoms with van der Waals surface area (Å²) in [5, 5.41) is 8.71. The molecule has 17 heavy (non-hydrogen) atoms. The van der Waals surface area contributed by atoms with Crippen molar-refractivity contribution in [1.82, 2.24) is 4.72 Å². The molecule has 1 aromatic carbocycles. The van der Waals surface area contributed by atoms with E-state index in [1.807, 2.05) is 4.72 Å². The number of halogens is 2. The molecule has 8 heteroatoms. The summed E-state index contributed by atoms with van der Waals surface area (Å²) in [6.07, 6.45) is 0. The van der Waals surface area contributed by atoms with Crippen LogP contribution in [-0.4, -0.2) is 26.2 Å². The lowest BCUT2D eigenvalue weighted by Gasteiger charge is -2.12. The van der Waals surface area contributed by atoms with E-state index in [2.05, 4.69) is 0 Å². The molecule has 0 aliphatic heterocycles. The molecule has 4 N–H and O–H groups in total. The molecule has 1 rings (SSSR count). The second kappa shape index (κ2) is 4.94. The summed E-state index contributed by atoms with van der Waals surface area (Å²) in [7, 11) is -4.17. The third-order valence-electron chi connectivity index (χ3n) is 2.01. The van der Waals surface area contributed by atoms with Crippen molar-refractivity contribution in [3.05, 3.63) is 23.8 Å². The minimum absolute atomic E-state index is 0.447. The molecular weight excluding hydrogens is 254 g/mol. The van der Waals surface area contributed by atoms with Crippen LogP contribution >= 0.6 is 0 Å². The van der Waals surface area contributed by atoms with Gasteiger partial charge in [-0.05, 0) is 19.1 Å². The molecule has 1 aromatic rings.